The molecule has 90 valence electrons. The van der Waals surface area contributed by atoms with Gasteiger partial charge in [-0.1, -0.05) is 36.4 Å². The van der Waals surface area contributed by atoms with Crippen molar-refractivity contribution >= 4 is 5.91 Å². The van der Waals surface area contributed by atoms with Crippen molar-refractivity contribution in [2.75, 3.05) is 0 Å². The van der Waals surface area contributed by atoms with E-state index in [0.29, 0.717) is 5.56 Å². The molecule has 0 radical (unpaired) electrons. The van der Waals surface area contributed by atoms with Crippen molar-refractivity contribution in [3.8, 4) is 11.1 Å². The van der Waals surface area contributed by atoms with E-state index in [1.165, 1.54) is 24.0 Å². The van der Waals surface area contributed by atoms with Gasteiger partial charge in [0.15, 0.2) is 0 Å². The largest absolute Gasteiger partial charge is 0.366 e. The highest BCUT2D eigenvalue weighted by molar-refractivity contribution is 5.93. The number of carbonyl (C=O) groups excluding carboxylic acids is 1. The summed E-state index contributed by atoms with van der Waals surface area (Å²) in [6.45, 7) is 0. The molecule has 0 aromatic heterocycles. The number of rotatable bonds is 3. The first-order chi connectivity index (χ1) is 8.74. The molecule has 3 rings (SSSR count). The summed E-state index contributed by atoms with van der Waals surface area (Å²) >= 11 is 0. The molecule has 0 aliphatic heterocycles. The van der Waals surface area contributed by atoms with Crippen LogP contribution in [0, 0.1) is 0 Å². The van der Waals surface area contributed by atoms with Crippen molar-refractivity contribution < 1.29 is 4.79 Å². The molecule has 1 aliphatic rings. The van der Waals surface area contributed by atoms with Crippen molar-refractivity contribution in [1.82, 2.24) is 0 Å². The zero-order valence-corrected chi connectivity index (χ0v) is 10.1. The van der Waals surface area contributed by atoms with Crippen LogP contribution in [0.25, 0.3) is 11.1 Å². The van der Waals surface area contributed by atoms with Crippen LogP contribution in [0.2, 0.25) is 0 Å². The van der Waals surface area contributed by atoms with E-state index < -0.39 is 0 Å². The second-order valence-corrected chi connectivity index (χ2v) is 4.84. The van der Waals surface area contributed by atoms with Crippen molar-refractivity contribution in [3.05, 3.63) is 59.7 Å². The Labute approximate surface area is 106 Å². The Morgan fingerprint density at radius 3 is 2.33 bits per heavy atom. The molecule has 1 fully saturated rings. The van der Waals surface area contributed by atoms with Crippen LogP contribution in [0.15, 0.2) is 48.5 Å². The minimum atomic E-state index is -0.381. The summed E-state index contributed by atoms with van der Waals surface area (Å²) in [4.78, 5) is 11.0. The van der Waals surface area contributed by atoms with Gasteiger partial charge in [-0.05, 0) is 47.6 Å². The molecule has 2 aromatic carbocycles. The van der Waals surface area contributed by atoms with Gasteiger partial charge in [-0.3, -0.25) is 4.79 Å². The standard InChI is InChI=1S/C16H15NO/c17-16(18)13-8-6-12(7-9-13)15-3-1-2-14(10-15)11-4-5-11/h1-3,6-11H,4-5H2,(H2,17,18). The van der Waals surface area contributed by atoms with Gasteiger partial charge in [0.1, 0.15) is 0 Å². The molecule has 1 aliphatic carbocycles. The van der Waals surface area contributed by atoms with Crippen molar-refractivity contribution in [2.45, 2.75) is 18.8 Å². The first kappa shape index (κ1) is 11.0. The summed E-state index contributed by atoms with van der Waals surface area (Å²) in [6, 6.07) is 16.1. The Morgan fingerprint density at radius 1 is 1.00 bits per heavy atom. The fourth-order valence-corrected chi connectivity index (χ4v) is 2.22. The van der Waals surface area contributed by atoms with Crippen LogP contribution in [0.3, 0.4) is 0 Å². The number of benzene rings is 2. The van der Waals surface area contributed by atoms with Crippen molar-refractivity contribution in [2.24, 2.45) is 5.73 Å². The molecule has 0 atom stereocenters. The molecule has 0 bridgehead atoms. The Bertz CT molecular complexity index is 582. The molecule has 0 saturated heterocycles. The lowest BCUT2D eigenvalue weighted by molar-refractivity contribution is 0.100. The first-order valence-corrected chi connectivity index (χ1v) is 6.24. The summed E-state index contributed by atoms with van der Waals surface area (Å²) in [5, 5.41) is 0. The van der Waals surface area contributed by atoms with Crippen LogP contribution in [-0.4, -0.2) is 5.91 Å². The monoisotopic (exact) mass is 237 g/mol. The predicted molar refractivity (Wildman–Crippen MR) is 72.4 cm³/mol. The summed E-state index contributed by atoms with van der Waals surface area (Å²) in [5.74, 6) is 0.378. The normalized spacial score (nSPS) is 14.4. The van der Waals surface area contributed by atoms with Gasteiger partial charge in [-0.15, -0.1) is 0 Å². The third kappa shape index (κ3) is 2.14. The van der Waals surface area contributed by atoms with Crippen LogP contribution >= 0.6 is 0 Å². The maximum Gasteiger partial charge on any atom is 0.248 e. The fourth-order valence-electron chi connectivity index (χ4n) is 2.22. The Hall–Kier alpha value is -2.09. The molecule has 2 nitrogen and oxygen atoms in total. The minimum absolute atomic E-state index is 0.381. The lowest BCUT2D eigenvalue weighted by atomic mass is 10.00. The van der Waals surface area contributed by atoms with Crippen LogP contribution < -0.4 is 5.73 Å². The predicted octanol–water partition coefficient (Wildman–Crippen LogP) is 3.33. The molecule has 18 heavy (non-hydrogen) atoms. The molecule has 2 heteroatoms. The van der Waals surface area contributed by atoms with Gasteiger partial charge >= 0.3 is 0 Å². The highest BCUT2D eigenvalue weighted by atomic mass is 16.1. The number of hydrogen-bond acceptors (Lipinski definition) is 1. The lowest BCUT2D eigenvalue weighted by Crippen LogP contribution is -2.10. The van der Waals surface area contributed by atoms with Crippen LogP contribution in [-0.2, 0) is 0 Å². The van der Waals surface area contributed by atoms with Gasteiger partial charge in [0.2, 0.25) is 5.91 Å². The van der Waals surface area contributed by atoms with E-state index >= 15 is 0 Å². The van der Waals surface area contributed by atoms with Gasteiger partial charge in [-0.2, -0.15) is 0 Å². The maximum atomic E-state index is 11.0. The SMILES string of the molecule is NC(=O)c1ccc(-c2cccc(C3CC3)c2)cc1. The van der Waals surface area contributed by atoms with Gasteiger partial charge in [0.05, 0.1) is 0 Å². The highest BCUT2D eigenvalue weighted by Crippen LogP contribution is 2.41. The lowest BCUT2D eigenvalue weighted by Gasteiger charge is -2.05. The summed E-state index contributed by atoms with van der Waals surface area (Å²) in [6.07, 6.45) is 2.62. The van der Waals surface area contributed by atoms with Crippen molar-refractivity contribution in [1.29, 1.82) is 0 Å². The molecular weight excluding hydrogens is 222 g/mol. The number of amides is 1. The summed E-state index contributed by atoms with van der Waals surface area (Å²) in [7, 11) is 0. The van der Waals surface area contributed by atoms with E-state index in [1.54, 1.807) is 12.1 Å². The maximum absolute atomic E-state index is 11.0. The molecule has 1 amide bonds. The zero-order valence-electron chi connectivity index (χ0n) is 10.1. The average molecular weight is 237 g/mol. The molecule has 1 saturated carbocycles. The summed E-state index contributed by atoms with van der Waals surface area (Å²) in [5.41, 5.74) is 9.54. The zero-order chi connectivity index (χ0) is 12.5. The second-order valence-electron chi connectivity index (χ2n) is 4.84. The van der Waals surface area contributed by atoms with E-state index in [4.69, 9.17) is 5.73 Å². The van der Waals surface area contributed by atoms with Gasteiger partial charge in [0, 0.05) is 5.56 Å². The Morgan fingerprint density at radius 2 is 1.72 bits per heavy atom. The number of hydrogen-bond donors (Lipinski definition) is 1. The topological polar surface area (TPSA) is 43.1 Å². The number of primary amides is 1. The highest BCUT2D eigenvalue weighted by Gasteiger charge is 2.23. The minimum Gasteiger partial charge on any atom is -0.366 e. The van der Waals surface area contributed by atoms with Crippen LogP contribution in [0.5, 0.6) is 0 Å². The summed E-state index contributed by atoms with van der Waals surface area (Å²) < 4.78 is 0. The molecule has 2 N–H and O–H groups in total. The quantitative estimate of drug-likeness (QED) is 0.874. The molecule has 2 aromatic rings. The second kappa shape index (κ2) is 4.30. The third-order valence-electron chi connectivity index (χ3n) is 3.44. The number of carbonyl (C=O) groups is 1. The van der Waals surface area contributed by atoms with Gasteiger partial charge in [0.25, 0.3) is 0 Å². The van der Waals surface area contributed by atoms with E-state index in [1.807, 2.05) is 12.1 Å². The van der Waals surface area contributed by atoms with Gasteiger partial charge in [-0.25, -0.2) is 0 Å². The van der Waals surface area contributed by atoms with Gasteiger partial charge < -0.3 is 5.73 Å². The van der Waals surface area contributed by atoms with E-state index in [0.717, 1.165) is 11.5 Å². The molecule has 0 heterocycles. The van der Waals surface area contributed by atoms with Crippen LogP contribution in [0.4, 0.5) is 0 Å². The van der Waals surface area contributed by atoms with Crippen LogP contribution in [0.1, 0.15) is 34.7 Å². The molecule has 0 unspecified atom stereocenters. The Balaban J connectivity index is 1.93. The fraction of sp³-hybridized carbons (Fsp3) is 0.188. The molecule has 0 spiro atoms. The van der Waals surface area contributed by atoms with E-state index in [-0.39, 0.29) is 5.91 Å². The molecular formula is C16H15NO. The Kier molecular flexibility index (Phi) is 2.63. The average Bonchev–Trinajstić information content (AvgIpc) is 3.23. The first-order valence-electron chi connectivity index (χ1n) is 6.24. The van der Waals surface area contributed by atoms with E-state index in [2.05, 4.69) is 24.3 Å². The number of nitrogens with two attached hydrogens (primary N) is 1. The van der Waals surface area contributed by atoms with Crippen molar-refractivity contribution in [3.63, 3.8) is 0 Å². The third-order valence-corrected chi connectivity index (χ3v) is 3.44. The van der Waals surface area contributed by atoms with E-state index in [9.17, 15) is 4.79 Å². The smallest absolute Gasteiger partial charge is 0.248 e.